The van der Waals surface area contributed by atoms with E-state index in [2.05, 4.69) is 22.9 Å². The van der Waals surface area contributed by atoms with Crippen molar-refractivity contribution in [3.63, 3.8) is 0 Å². The van der Waals surface area contributed by atoms with Crippen LogP contribution < -0.4 is 4.90 Å². The molecule has 0 unspecified atom stereocenters. The summed E-state index contributed by atoms with van der Waals surface area (Å²) in [4.78, 5) is 21.6. The molecule has 1 saturated heterocycles. The molecule has 3 aromatic rings. The number of pyridine rings is 1. The molecule has 0 radical (unpaired) electrons. The summed E-state index contributed by atoms with van der Waals surface area (Å²) in [6, 6.07) is 13.2. The molecule has 2 aliphatic rings. The molecular weight excluding hydrogens is 468 g/mol. The number of amides is 1. The summed E-state index contributed by atoms with van der Waals surface area (Å²) in [5, 5.41) is 0.302. The third-order valence-electron chi connectivity index (χ3n) is 7.13. The molecule has 4 nitrogen and oxygen atoms in total. The monoisotopic (exact) mass is 493 g/mol. The molecular formula is C28H26ClF2N3O. The number of nitrogens with zero attached hydrogens (tertiary/aromatic N) is 3. The van der Waals surface area contributed by atoms with Crippen LogP contribution in [0.2, 0.25) is 5.15 Å². The number of aromatic nitrogens is 1. The molecule has 0 bridgehead atoms. The van der Waals surface area contributed by atoms with Crippen LogP contribution in [0.15, 0.2) is 60.8 Å². The first-order valence-electron chi connectivity index (χ1n) is 11.7. The van der Waals surface area contributed by atoms with Gasteiger partial charge < -0.3 is 4.90 Å². The first-order chi connectivity index (χ1) is 16.8. The highest BCUT2D eigenvalue weighted by Gasteiger charge is 2.46. The van der Waals surface area contributed by atoms with Gasteiger partial charge in [0.1, 0.15) is 16.8 Å². The van der Waals surface area contributed by atoms with Gasteiger partial charge in [-0.05, 0) is 68.8 Å². The molecule has 5 rings (SSSR count). The van der Waals surface area contributed by atoms with E-state index in [1.165, 1.54) is 23.3 Å². The third-order valence-corrected chi connectivity index (χ3v) is 7.34. The Balaban J connectivity index is 1.31. The van der Waals surface area contributed by atoms with Crippen LogP contribution in [0.5, 0.6) is 0 Å². The van der Waals surface area contributed by atoms with Crippen molar-refractivity contribution in [2.45, 2.75) is 25.2 Å². The van der Waals surface area contributed by atoms with Crippen LogP contribution in [0, 0.1) is 18.6 Å². The van der Waals surface area contributed by atoms with E-state index < -0.39 is 11.6 Å². The molecule has 0 N–H and O–H groups in total. The van der Waals surface area contributed by atoms with E-state index in [1.807, 2.05) is 23.1 Å². The smallest absolute Gasteiger partial charge is 0.258 e. The highest BCUT2D eigenvalue weighted by Crippen LogP contribution is 2.47. The van der Waals surface area contributed by atoms with Crippen molar-refractivity contribution in [2.75, 3.05) is 31.1 Å². The van der Waals surface area contributed by atoms with Crippen LogP contribution in [0.4, 0.5) is 14.5 Å². The molecule has 1 aromatic heterocycles. The topological polar surface area (TPSA) is 36.4 Å². The maximum Gasteiger partial charge on any atom is 0.258 e. The van der Waals surface area contributed by atoms with E-state index in [0.717, 1.165) is 37.7 Å². The number of hydrogen-bond donors (Lipinski definition) is 0. The number of halogens is 3. The Morgan fingerprint density at radius 3 is 2.66 bits per heavy atom. The summed E-state index contributed by atoms with van der Waals surface area (Å²) in [6.45, 7) is 5.13. The second-order valence-corrected chi connectivity index (χ2v) is 9.82. The highest BCUT2D eigenvalue weighted by atomic mass is 35.5. The molecule has 3 heterocycles. The van der Waals surface area contributed by atoms with Gasteiger partial charge in [-0.15, -0.1) is 0 Å². The first-order valence-corrected chi connectivity index (χ1v) is 12.1. The number of likely N-dealkylation sites (tertiary alicyclic amines) is 1. The molecule has 0 aliphatic carbocycles. The lowest BCUT2D eigenvalue weighted by Gasteiger charge is -2.39. The van der Waals surface area contributed by atoms with Gasteiger partial charge in [0.25, 0.3) is 5.91 Å². The van der Waals surface area contributed by atoms with Crippen LogP contribution in [0.3, 0.4) is 0 Å². The largest absolute Gasteiger partial charge is 0.307 e. The Hall–Kier alpha value is -3.09. The van der Waals surface area contributed by atoms with Gasteiger partial charge in [0, 0.05) is 47.6 Å². The molecule has 1 amide bonds. The van der Waals surface area contributed by atoms with E-state index in [4.69, 9.17) is 11.6 Å². The van der Waals surface area contributed by atoms with Gasteiger partial charge in [0.15, 0.2) is 0 Å². The van der Waals surface area contributed by atoms with Gasteiger partial charge in [-0.1, -0.05) is 41.4 Å². The zero-order valence-electron chi connectivity index (χ0n) is 19.5. The van der Waals surface area contributed by atoms with Crippen LogP contribution in [-0.2, 0) is 5.41 Å². The molecule has 2 aromatic carbocycles. The van der Waals surface area contributed by atoms with Crippen LogP contribution in [0.25, 0.3) is 6.08 Å². The number of carbonyl (C=O) groups is 1. The van der Waals surface area contributed by atoms with Gasteiger partial charge in [-0.3, -0.25) is 9.69 Å². The second kappa shape index (κ2) is 9.51. The Morgan fingerprint density at radius 2 is 1.91 bits per heavy atom. The lowest BCUT2D eigenvalue weighted by atomic mass is 9.74. The molecule has 2 aliphatic heterocycles. The van der Waals surface area contributed by atoms with E-state index in [-0.39, 0.29) is 11.3 Å². The first kappa shape index (κ1) is 23.6. The van der Waals surface area contributed by atoms with Crippen molar-refractivity contribution in [1.29, 1.82) is 0 Å². The number of benzene rings is 2. The van der Waals surface area contributed by atoms with Crippen molar-refractivity contribution in [3.8, 4) is 0 Å². The minimum Gasteiger partial charge on any atom is -0.307 e. The van der Waals surface area contributed by atoms with Crippen LogP contribution >= 0.6 is 11.6 Å². The lowest BCUT2D eigenvalue weighted by molar-refractivity contribution is 0.0977. The van der Waals surface area contributed by atoms with Crippen molar-refractivity contribution < 1.29 is 13.6 Å². The molecule has 0 saturated carbocycles. The average molecular weight is 494 g/mol. The number of piperidine rings is 1. The van der Waals surface area contributed by atoms with E-state index in [0.29, 0.717) is 29.4 Å². The fourth-order valence-corrected chi connectivity index (χ4v) is 5.39. The lowest BCUT2D eigenvalue weighted by Crippen LogP contribution is -2.46. The Kier molecular flexibility index (Phi) is 6.43. The van der Waals surface area contributed by atoms with Gasteiger partial charge in [0.2, 0.25) is 0 Å². The molecule has 7 heteroatoms. The van der Waals surface area contributed by atoms with Crippen LogP contribution in [0.1, 0.15) is 39.9 Å². The summed E-state index contributed by atoms with van der Waals surface area (Å²) in [5.41, 5.74) is 4.19. The number of fused-ring (bicyclic) bond motifs is 2. The van der Waals surface area contributed by atoms with E-state index in [9.17, 15) is 13.6 Å². The normalized spacial score (nSPS) is 17.3. The van der Waals surface area contributed by atoms with E-state index in [1.54, 1.807) is 24.4 Å². The second-order valence-electron chi connectivity index (χ2n) is 9.43. The fourth-order valence-electron chi connectivity index (χ4n) is 5.21. The third kappa shape index (κ3) is 4.73. The Bertz CT molecular complexity index is 1300. The van der Waals surface area contributed by atoms with Gasteiger partial charge in [0.05, 0.1) is 0 Å². The maximum atomic E-state index is 13.9. The summed E-state index contributed by atoms with van der Waals surface area (Å²) in [5.74, 6) is -1.20. The Labute approximate surface area is 208 Å². The molecule has 180 valence electrons. The van der Waals surface area contributed by atoms with Gasteiger partial charge in [-0.25, -0.2) is 13.8 Å². The van der Waals surface area contributed by atoms with Crippen molar-refractivity contribution in [1.82, 2.24) is 9.88 Å². The predicted octanol–water partition coefficient (Wildman–Crippen LogP) is 6.03. The number of anilines is 1. The van der Waals surface area contributed by atoms with Gasteiger partial charge >= 0.3 is 0 Å². The zero-order valence-corrected chi connectivity index (χ0v) is 20.2. The SMILES string of the molecule is Cc1ccc2c(c1)C1(CCN(C/C=C/c3ccc(F)cc3F)CC1)CN2C(=O)c1ccnc(Cl)c1. The minimum absolute atomic E-state index is 0.0667. The highest BCUT2D eigenvalue weighted by molar-refractivity contribution is 6.29. The number of carbonyl (C=O) groups excluding carboxylic acids is 1. The standard InChI is InChI=1S/C28H26ClF2N3O/c1-19-4-7-25-23(15-19)28(18-34(25)27(35)21-8-11-32-26(29)16-21)9-13-33(14-10-28)12-2-3-20-5-6-22(30)17-24(20)31/h2-8,11,15-17H,9-10,12-14,18H2,1H3/b3-2+. The minimum atomic E-state index is -0.576. The van der Waals surface area contributed by atoms with Gasteiger partial charge in [-0.2, -0.15) is 0 Å². The molecule has 0 atom stereocenters. The average Bonchev–Trinajstić information content (AvgIpc) is 3.14. The summed E-state index contributed by atoms with van der Waals surface area (Å²) >= 11 is 6.04. The van der Waals surface area contributed by atoms with Crippen LogP contribution in [-0.4, -0.2) is 42.0 Å². The molecule has 1 fully saturated rings. The number of hydrogen-bond acceptors (Lipinski definition) is 3. The van der Waals surface area contributed by atoms with E-state index >= 15 is 0 Å². The zero-order chi connectivity index (χ0) is 24.6. The fraction of sp³-hybridized carbons (Fsp3) is 0.286. The van der Waals surface area contributed by atoms with Crippen molar-refractivity contribution >= 4 is 29.3 Å². The quantitative estimate of drug-likeness (QED) is 0.416. The van der Waals surface area contributed by atoms with Crippen molar-refractivity contribution in [3.05, 3.63) is 99.8 Å². The Morgan fingerprint density at radius 1 is 1.11 bits per heavy atom. The number of aryl methyl sites for hydroxylation is 1. The van der Waals surface area contributed by atoms with Crippen molar-refractivity contribution in [2.24, 2.45) is 0 Å². The predicted molar refractivity (Wildman–Crippen MR) is 135 cm³/mol. The number of rotatable bonds is 4. The molecule has 1 spiro atoms. The maximum absolute atomic E-state index is 13.9. The summed E-state index contributed by atoms with van der Waals surface area (Å²) in [6.07, 6.45) is 7.02. The molecule has 35 heavy (non-hydrogen) atoms. The summed E-state index contributed by atoms with van der Waals surface area (Å²) in [7, 11) is 0. The summed E-state index contributed by atoms with van der Waals surface area (Å²) < 4.78 is 27.0.